The topological polar surface area (TPSA) is 101 Å². The molecule has 3 fully saturated rings. The lowest BCUT2D eigenvalue weighted by atomic mass is 9.66. The summed E-state index contributed by atoms with van der Waals surface area (Å²) in [7, 11) is 1.33. The summed E-state index contributed by atoms with van der Waals surface area (Å²) in [6, 6.07) is 6.97. The number of carbonyl (C=O) groups excluding carboxylic acids is 2. The highest BCUT2D eigenvalue weighted by molar-refractivity contribution is 5.96. The molecule has 28 heavy (non-hydrogen) atoms. The van der Waals surface area contributed by atoms with Crippen molar-refractivity contribution >= 4 is 11.9 Å². The highest BCUT2D eigenvalue weighted by Crippen LogP contribution is 2.53. The molecule has 0 amide bonds. The van der Waals surface area contributed by atoms with E-state index in [0.717, 1.165) is 12.8 Å². The molecule has 148 valence electrons. The van der Waals surface area contributed by atoms with E-state index in [0.29, 0.717) is 48.9 Å². The van der Waals surface area contributed by atoms with Crippen LogP contribution in [0.2, 0.25) is 0 Å². The third-order valence-corrected chi connectivity index (χ3v) is 5.74. The monoisotopic (exact) mass is 386 g/mol. The van der Waals surface area contributed by atoms with E-state index in [1.54, 1.807) is 24.3 Å². The van der Waals surface area contributed by atoms with E-state index < -0.39 is 11.6 Å². The van der Waals surface area contributed by atoms with Crippen LogP contribution in [0.5, 0.6) is 0 Å². The van der Waals surface area contributed by atoms with Gasteiger partial charge in [-0.1, -0.05) is 23.4 Å². The second kappa shape index (κ2) is 7.01. The average Bonchev–Trinajstić information content (AvgIpc) is 3.24. The lowest BCUT2D eigenvalue weighted by Crippen LogP contribution is -2.51. The zero-order valence-corrected chi connectivity index (χ0v) is 15.9. The van der Waals surface area contributed by atoms with Crippen LogP contribution in [0.4, 0.5) is 0 Å². The molecule has 1 aliphatic carbocycles. The standard InChI is InChI=1S/C20H22N2O6/c1-13(23)26-11-19-7-9-20(10-8-19,27-12-19)18-21-16(22-28-18)14-5-3-4-6-15(14)17(24)25-2/h3-6H,7-12H2,1-2H3. The van der Waals surface area contributed by atoms with Crippen LogP contribution in [0.15, 0.2) is 28.8 Å². The minimum atomic E-state index is -0.622. The van der Waals surface area contributed by atoms with E-state index in [1.165, 1.54) is 14.0 Å². The molecule has 1 aromatic carbocycles. The first-order chi connectivity index (χ1) is 13.5. The Morgan fingerprint density at radius 1 is 1.18 bits per heavy atom. The van der Waals surface area contributed by atoms with Crippen molar-refractivity contribution in [2.24, 2.45) is 5.41 Å². The zero-order valence-electron chi connectivity index (χ0n) is 15.9. The lowest BCUT2D eigenvalue weighted by molar-refractivity contribution is -0.214. The highest BCUT2D eigenvalue weighted by Gasteiger charge is 2.54. The average molecular weight is 386 g/mol. The first-order valence-corrected chi connectivity index (χ1v) is 9.26. The van der Waals surface area contributed by atoms with Crippen LogP contribution in [0.25, 0.3) is 11.4 Å². The number of hydrogen-bond acceptors (Lipinski definition) is 8. The fraction of sp³-hybridized carbons (Fsp3) is 0.500. The van der Waals surface area contributed by atoms with Gasteiger partial charge in [0.2, 0.25) is 5.82 Å². The highest BCUT2D eigenvalue weighted by atomic mass is 16.6. The van der Waals surface area contributed by atoms with Gasteiger partial charge in [-0.15, -0.1) is 0 Å². The third-order valence-electron chi connectivity index (χ3n) is 5.74. The quantitative estimate of drug-likeness (QED) is 0.723. The van der Waals surface area contributed by atoms with Gasteiger partial charge in [0.05, 0.1) is 25.9 Å². The van der Waals surface area contributed by atoms with Crippen LogP contribution < -0.4 is 0 Å². The fourth-order valence-electron chi connectivity index (χ4n) is 3.96. The van der Waals surface area contributed by atoms with Crippen molar-refractivity contribution in [3.05, 3.63) is 35.7 Å². The molecule has 2 aromatic rings. The van der Waals surface area contributed by atoms with Crippen LogP contribution in [0, 0.1) is 5.41 Å². The summed E-state index contributed by atoms with van der Waals surface area (Å²) in [5, 5.41) is 4.08. The molecule has 2 aliphatic heterocycles. The van der Waals surface area contributed by atoms with Gasteiger partial charge in [0.1, 0.15) is 5.60 Å². The van der Waals surface area contributed by atoms with Crippen molar-refractivity contribution in [3.8, 4) is 11.4 Å². The second-order valence-electron chi connectivity index (χ2n) is 7.52. The maximum Gasteiger partial charge on any atom is 0.338 e. The number of nitrogens with zero attached hydrogens (tertiary/aromatic N) is 2. The molecule has 0 atom stereocenters. The third kappa shape index (κ3) is 3.17. The number of fused-ring (bicyclic) bond motifs is 3. The van der Waals surface area contributed by atoms with Crippen molar-refractivity contribution < 1.29 is 28.3 Å². The van der Waals surface area contributed by atoms with Gasteiger partial charge in [-0.25, -0.2) is 4.79 Å². The van der Waals surface area contributed by atoms with Gasteiger partial charge in [-0.05, 0) is 31.7 Å². The van der Waals surface area contributed by atoms with Crippen molar-refractivity contribution in [2.75, 3.05) is 20.3 Å². The molecule has 2 bridgehead atoms. The van der Waals surface area contributed by atoms with Crippen molar-refractivity contribution in [1.29, 1.82) is 0 Å². The van der Waals surface area contributed by atoms with Crippen molar-refractivity contribution in [3.63, 3.8) is 0 Å². The number of aromatic nitrogens is 2. The van der Waals surface area contributed by atoms with Crippen molar-refractivity contribution in [1.82, 2.24) is 10.1 Å². The summed E-state index contributed by atoms with van der Waals surface area (Å²) in [5.74, 6) is 0.0174. The molecule has 0 unspecified atom stereocenters. The second-order valence-corrected chi connectivity index (χ2v) is 7.52. The van der Waals surface area contributed by atoms with Gasteiger partial charge in [0, 0.05) is 17.9 Å². The minimum Gasteiger partial charge on any atom is -0.465 e. The molecule has 3 aliphatic rings. The van der Waals surface area contributed by atoms with Gasteiger partial charge >= 0.3 is 11.9 Å². The molecule has 3 heterocycles. The zero-order chi connectivity index (χ0) is 19.8. The molecule has 0 radical (unpaired) electrons. The normalized spacial score (nSPS) is 26.1. The maximum atomic E-state index is 12.0. The van der Waals surface area contributed by atoms with E-state index in [9.17, 15) is 9.59 Å². The number of esters is 2. The van der Waals surface area contributed by atoms with Gasteiger partial charge in [0.15, 0.2) is 0 Å². The molecule has 2 saturated heterocycles. The molecule has 0 spiro atoms. The summed E-state index contributed by atoms with van der Waals surface area (Å²) in [5.41, 5.74) is 0.178. The lowest BCUT2D eigenvalue weighted by Gasteiger charge is -2.50. The Balaban J connectivity index is 1.56. The smallest absolute Gasteiger partial charge is 0.338 e. The first kappa shape index (κ1) is 18.6. The van der Waals surface area contributed by atoms with Gasteiger partial charge in [-0.3, -0.25) is 4.79 Å². The Morgan fingerprint density at radius 3 is 2.57 bits per heavy atom. The van der Waals surface area contributed by atoms with E-state index in [2.05, 4.69) is 10.1 Å². The number of methoxy groups -OCH3 is 1. The number of ether oxygens (including phenoxy) is 3. The van der Waals surface area contributed by atoms with E-state index in [1.807, 2.05) is 0 Å². The number of hydrogen-bond donors (Lipinski definition) is 0. The molecular weight excluding hydrogens is 364 g/mol. The fourth-order valence-corrected chi connectivity index (χ4v) is 3.96. The summed E-state index contributed by atoms with van der Waals surface area (Å²) in [6.07, 6.45) is 3.15. The van der Waals surface area contributed by atoms with Crippen LogP contribution in [-0.2, 0) is 24.6 Å². The minimum absolute atomic E-state index is 0.131. The Kier molecular flexibility index (Phi) is 4.66. The molecule has 8 heteroatoms. The van der Waals surface area contributed by atoms with Crippen LogP contribution in [-0.4, -0.2) is 42.4 Å². The number of carbonyl (C=O) groups is 2. The van der Waals surface area contributed by atoms with Gasteiger partial charge in [0.25, 0.3) is 5.89 Å². The molecule has 0 N–H and O–H groups in total. The van der Waals surface area contributed by atoms with Gasteiger partial charge in [-0.2, -0.15) is 4.98 Å². The molecule has 8 nitrogen and oxygen atoms in total. The van der Waals surface area contributed by atoms with Crippen LogP contribution in [0.1, 0.15) is 48.9 Å². The number of rotatable bonds is 5. The summed E-state index contributed by atoms with van der Waals surface area (Å²) < 4.78 is 21.8. The Morgan fingerprint density at radius 2 is 1.93 bits per heavy atom. The largest absolute Gasteiger partial charge is 0.465 e. The van der Waals surface area contributed by atoms with E-state index in [4.69, 9.17) is 18.7 Å². The molecule has 1 aromatic heterocycles. The summed E-state index contributed by atoms with van der Waals surface area (Å²) in [6.45, 7) is 2.27. The van der Waals surface area contributed by atoms with Crippen molar-refractivity contribution in [2.45, 2.75) is 38.2 Å². The molecule has 1 saturated carbocycles. The Labute approximate surface area is 162 Å². The van der Waals surface area contributed by atoms with Crippen LogP contribution >= 0.6 is 0 Å². The molecule has 5 rings (SSSR count). The SMILES string of the molecule is COC(=O)c1ccccc1-c1noc(C23CCC(COC(C)=O)(CC2)CO3)n1. The first-order valence-electron chi connectivity index (χ1n) is 9.26. The number of benzene rings is 1. The Bertz CT molecular complexity index is 881. The molecular formula is C20H22N2O6. The maximum absolute atomic E-state index is 12.0. The van der Waals surface area contributed by atoms with Crippen LogP contribution in [0.3, 0.4) is 0 Å². The van der Waals surface area contributed by atoms with Gasteiger partial charge < -0.3 is 18.7 Å². The van der Waals surface area contributed by atoms with E-state index >= 15 is 0 Å². The predicted octanol–water partition coefficient (Wildman–Crippen LogP) is 2.87. The predicted molar refractivity (Wildman–Crippen MR) is 96.2 cm³/mol. The van der Waals surface area contributed by atoms with E-state index in [-0.39, 0.29) is 11.4 Å². The summed E-state index contributed by atoms with van der Waals surface area (Å²) >= 11 is 0. The summed E-state index contributed by atoms with van der Waals surface area (Å²) in [4.78, 5) is 27.7. The Hall–Kier alpha value is -2.74.